The SMILES string of the molecule is Sc1cccc2ccc3c(c12)=CCCC=3. The number of fused-ring (bicyclic) bond motifs is 3. The van der Waals surface area contributed by atoms with Crippen molar-refractivity contribution in [1.82, 2.24) is 0 Å². The van der Waals surface area contributed by atoms with E-state index in [1.807, 2.05) is 0 Å². The minimum absolute atomic E-state index is 1.08. The van der Waals surface area contributed by atoms with Gasteiger partial charge in [-0.1, -0.05) is 36.4 Å². The molecule has 0 atom stereocenters. The molecule has 2 aromatic rings. The molecule has 0 heterocycles. The Bertz CT molecular complexity index is 638. The third kappa shape index (κ3) is 1.38. The van der Waals surface area contributed by atoms with E-state index in [0.29, 0.717) is 0 Å². The van der Waals surface area contributed by atoms with E-state index in [-0.39, 0.29) is 0 Å². The predicted octanol–water partition coefficient (Wildman–Crippen LogP) is 2.48. The molecule has 0 nitrogen and oxygen atoms in total. The third-order valence-electron chi connectivity index (χ3n) is 2.98. The van der Waals surface area contributed by atoms with E-state index in [1.54, 1.807) is 0 Å². The molecule has 0 fully saturated rings. The maximum Gasteiger partial charge on any atom is 0.0125 e. The lowest BCUT2D eigenvalue weighted by Gasteiger charge is -2.06. The van der Waals surface area contributed by atoms with Crippen LogP contribution in [0.15, 0.2) is 35.2 Å². The molecule has 3 rings (SSSR count). The van der Waals surface area contributed by atoms with Crippen LogP contribution >= 0.6 is 12.6 Å². The Morgan fingerprint density at radius 2 is 1.80 bits per heavy atom. The second kappa shape index (κ2) is 3.42. The first kappa shape index (κ1) is 9.05. The average molecular weight is 212 g/mol. The second-order valence-corrected chi connectivity index (χ2v) is 4.41. The molecule has 1 aliphatic carbocycles. The fourth-order valence-electron chi connectivity index (χ4n) is 2.27. The largest absolute Gasteiger partial charge is 0.143 e. The summed E-state index contributed by atoms with van der Waals surface area (Å²) in [7, 11) is 0. The van der Waals surface area contributed by atoms with E-state index >= 15 is 0 Å². The van der Waals surface area contributed by atoms with Gasteiger partial charge in [0, 0.05) is 10.3 Å². The molecule has 0 saturated heterocycles. The Morgan fingerprint density at radius 1 is 0.933 bits per heavy atom. The molecule has 15 heavy (non-hydrogen) atoms. The Labute approximate surface area is 94.3 Å². The maximum absolute atomic E-state index is 4.55. The van der Waals surface area contributed by atoms with Crippen LogP contribution in [0.1, 0.15) is 12.8 Å². The van der Waals surface area contributed by atoms with Crippen LogP contribution in [-0.4, -0.2) is 0 Å². The minimum atomic E-state index is 1.08. The van der Waals surface area contributed by atoms with E-state index in [2.05, 4.69) is 55.1 Å². The lowest BCUT2D eigenvalue weighted by molar-refractivity contribution is 1.12. The van der Waals surface area contributed by atoms with Crippen molar-refractivity contribution in [1.29, 1.82) is 0 Å². The van der Waals surface area contributed by atoms with Crippen LogP contribution < -0.4 is 10.4 Å². The number of hydrogen-bond donors (Lipinski definition) is 1. The standard InChI is InChI=1S/C14H12S/c15-13-7-3-5-11-9-8-10-4-1-2-6-12(10)14(11)13/h3-9,15H,1-2H2. The van der Waals surface area contributed by atoms with Crippen molar-refractivity contribution < 1.29 is 0 Å². The van der Waals surface area contributed by atoms with Gasteiger partial charge in [0.25, 0.3) is 0 Å². The molecule has 1 heteroatoms. The van der Waals surface area contributed by atoms with Crippen molar-refractivity contribution in [3.05, 3.63) is 40.8 Å². The van der Waals surface area contributed by atoms with Gasteiger partial charge in [0.05, 0.1) is 0 Å². The summed E-state index contributed by atoms with van der Waals surface area (Å²) in [6, 6.07) is 10.7. The number of thiol groups is 1. The summed E-state index contributed by atoms with van der Waals surface area (Å²) in [6.45, 7) is 0. The smallest absolute Gasteiger partial charge is 0.0125 e. The van der Waals surface area contributed by atoms with Crippen LogP contribution in [0.5, 0.6) is 0 Å². The van der Waals surface area contributed by atoms with Gasteiger partial charge in [-0.25, -0.2) is 0 Å². The van der Waals surface area contributed by atoms with E-state index in [4.69, 9.17) is 0 Å². The van der Waals surface area contributed by atoms with Crippen molar-refractivity contribution in [3.63, 3.8) is 0 Å². The number of rotatable bonds is 0. The summed E-state index contributed by atoms with van der Waals surface area (Å²) in [5, 5.41) is 5.31. The van der Waals surface area contributed by atoms with Crippen molar-refractivity contribution in [3.8, 4) is 0 Å². The van der Waals surface area contributed by atoms with Gasteiger partial charge in [0.15, 0.2) is 0 Å². The molecule has 2 aromatic carbocycles. The molecule has 0 unspecified atom stereocenters. The van der Waals surface area contributed by atoms with Crippen LogP contribution in [-0.2, 0) is 0 Å². The fraction of sp³-hybridized carbons (Fsp3) is 0.143. The predicted molar refractivity (Wildman–Crippen MR) is 68.6 cm³/mol. The van der Waals surface area contributed by atoms with E-state index in [1.165, 1.54) is 21.2 Å². The summed E-state index contributed by atoms with van der Waals surface area (Å²) < 4.78 is 0. The molecule has 1 aliphatic rings. The zero-order chi connectivity index (χ0) is 10.3. The highest BCUT2D eigenvalue weighted by Gasteiger charge is 2.02. The first-order valence-corrected chi connectivity index (χ1v) is 5.72. The molecule has 0 aromatic heterocycles. The minimum Gasteiger partial charge on any atom is -0.143 e. The van der Waals surface area contributed by atoms with Crippen LogP contribution in [0.4, 0.5) is 0 Å². The lowest BCUT2D eigenvalue weighted by atomic mass is 10.0. The molecular weight excluding hydrogens is 200 g/mol. The van der Waals surface area contributed by atoms with Gasteiger partial charge in [-0.15, -0.1) is 12.6 Å². The first-order chi connectivity index (χ1) is 7.36. The second-order valence-electron chi connectivity index (χ2n) is 3.93. The highest BCUT2D eigenvalue weighted by molar-refractivity contribution is 7.80. The molecule has 0 N–H and O–H groups in total. The van der Waals surface area contributed by atoms with Gasteiger partial charge in [-0.05, 0) is 34.7 Å². The third-order valence-corrected chi connectivity index (χ3v) is 3.35. The molecule has 0 saturated carbocycles. The zero-order valence-electron chi connectivity index (χ0n) is 8.40. The topological polar surface area (TPSA) is 0 Å². The Kier molecular flexibility index (Phi) is 2.06. The molecule has 0 aliphatic heterocycles. The Hall–Kier alpha value is -1.21. The van der Waals surface area contributed by atoms with Crippen molar-refractivity contribution >= 4 is 35.6 Å². The first-order valence-electron chi connectivity index (χ1n) is 5.27. The number of hydrogen-bond acceptors (Lipinski definition) is 1. The van der Waals surface area contributed by atoms with Crippen molar-refractivity contribution in [2.45, 2.75) is 17.7 Å². The van der Waals surface area contributed by atoms with Gasteiger partial charge >= 0.3 is 0 Å². The van der Waals surface area contributed by atoms with Gasteiger partial charge in [0.2, 0.25) is 0 Å². The van der Waals surface area contributed by atoms with Gasteiger partial charge in [-0.2, -0.15) is 0 Å². The maximum atomic E-state index is 4.55. The zero-order valence-corrected chi connectivity index (χ0v) is 9.30. The Balaban J connectivity index is 2.63. The number of benzene rings is 2. The van der Waals surface area contributed by atoms with Crippen LogP contribution in [0.2, 0.25) is 0 Å². The van der Waals surface area contributed by atoms with Crippen LogP contribution in [0.25, 0.3) is 22.9 Å². The summed E-state index contributed by atoms with van der Waals surface area (Å²) in [6.07, 6.45) is 6.95. The summed E-state index contributed by atoms with van der Waals surface area (Å²) >= 11 is 4.55. The summed E-state index contributed by atoms with van der Waals surface area (Å²) in [5.41, 5.74) is 0. The monoisotopic (exact) mass is 212 g/mol. The molecule has 74 valence electrons. The normalized spacial score (nSPS) is 14.2. The van der Waals surface area contributed by atoms with Crippen molar-refractivity contribution in [2.75, 3.05) is 0 Å². The van der Waals surface area contributed by atoms with E-state index < -0.39 is 0 Å². The van der Waals surface area contributed by atoms with Gasteiger partial charge < -0.3 is 0 Å². The summed E-state index contributed by atoms with van der Waals surface area (Å²) in [4.78, 5) is 1.08. The molecular formula is C14H12S. The molecule has 0 bridgehead atoms. The summed E-state index contributed by atoms with van der Waals surface area (Å²) in [5.74, 6) is 0. The molecule has 0 spiro atoms. The van der Waals surface area contributed by atoms with Gasteiger partial charge in [-0.3, -0.25) is 0 Å². The van der Waals surface area contributed by atoms with E-state index in [0.717, 1.165) is 17.7 Å². The van der Waals surface area contributed by atoms with Crippen molar-refractivity contribution in [2.24, 2.45) is 0 Å². The van der Waals surface area contributed by atoms with Crippen LogP contribution in [0.3, 0.4) is 0 Å². The molecule has 0 amide bonds. The quantitative estimate of drug-likeness (QED) is 0.637. The highest BCUT2D eigenvalue weighted by atomic mass is 32.1. The van der Waals surface area contributed by atoms with E-state index in [9.17, 15) is 0 Å². The average Bonchev–Trinajstić information content (AvgIpc) is 2.29. The Morgan fingerprint density at radius 3 is 2.73 bits per heavy atom. The lowest BCUT2D eigenvalue weighted by Crippen LogP contribution is -2.27. The van der Waals surface area contributed by atoms with Gasteiger partial charge in [0.1, 0.15) is 0 Å². The van der Waals surface area contributed by atoms with Crippen LogP contribution in [0, 0.1) is 0 Å². The highest BCUT2D eigenvalue weighted by Crippen LogP contribution is 2.17. The fourth-order valence-corrected chi connectivity index (χ4v) is 2.60. The molecule has 0 radical (unpaired) electrons.